The van der Waals surface area contributed by atoms with Crippen molar-refractivity contribution in [2.75, 3.05) is 5.32 Å². The van der Waals surface area contributed by atoms with Crippen LogP contribution in [0.1, 0.15) is 21.5 Å². The molecule has 3 aromatic rings. The summed E-state index contributed by atoms with van der Waals surface area (Å²) in [5, 5.41) is 11.6. The molecule has 0 aromatic heterocycles. The number of rotatable bonds is 7. The summed E-state index contributed by atoms with van der Waals surface area (Å²) >= 11 is 5.89. The average Bonchev–Trinajstić information content (AvgIpc) is 2.74. The fraction of sp³-hybridized carbons (Fsp3) is 0.136. The standard InChI is InChI=1S/C22H14ClF6NO3/c23-17-10-15(24)5-8-18(17)33-19-9-14(21(25,26)22(27,28)29)4-1-13(19)11-30-16-6-2-12(3-7-16)20(31)32/h1-10,30H,11H2,(H,31,32). The highest BCUT2D eigenvalue weighted by Gasteiger charge is 2.58. The van der Waals surface area contributed by atoms with Crippen LogP contribution in [-0.4, -0.2) is 17.3 Å². The van der Waals surface area contributed by atoms with E-state index < -0.39 is 29.4 Å². The zero-order valence-corrected chi connectivity index (χ0v) is 17.1. The summed E-state index contributed by atoms with van der Waals surface area (Å²) in [4.78, 5) is 10.9. The monoisotopic (exact) mass is 489 g/mol. The highest BCUT2D eigenvalue weighted by atomic mass is 35.5. The molecule has 11 heteroatoms. The van der Waals surface area contributed by atoms with Crippen LogP contribution in [0.2, 0.25) is 5.02 Å². The van der Waals surface area contributed by atoms with Gasteiger partial charge in [-0.25, -0.2) is 9.18 Å². The van der Waals surface area contributed by atoms with Crippen LogP contribution in [0.25, 0.3) is 0 Å². The van der Waals surface area contributed by atoms with Crippen molar-refractivity contribution >= 4 is 23.3 Å². The number of hydrogen-bond acceptors (Lipinski definition) is 3. The Labute approximate surface area is 188 Å². The second-order valence-corrected chi connectivity index (χ2v) is 7.21. The van der Waals surface area contributed by atoms with Gasteiger partial charge in [0.1, 0.15) is 17.3 Å². The lowest BCUT2D eigenvalue weighted by Crippen LogP contribution is -2.33. The van der Waals surface area contributed by atoms with Gasteiger partial charge in [0.05, 0.1) is 10.6 Å². The molecule has 33 heavy (non-hydrogen) atoms. The van der Waals surface area contributed by atoms with Crippen molar-refractivity contribution in [2.45, 2.75) is 18.6 Å². The fourth-order valence-corrected chi connectivity index (χ4v) is 2.96. The molecule has 0 unspecified atom stereocenters. The highest BCUT2D eigenvalue weighted by molar-refractivity contribution is 6.32. The SMILES string of the molecule is O=C(O)c1ccc(NCc2ccc(C(F)(F)C(F)(F)F)cc2Oc2ccc(F)cc2Cl)cc1. The number of benzene rings is 3. The number of aromatic carboxylic acids is 1. The van der Waals surface area contributed by atoms with E-state index in [4.69, 9.17) is 21.4 Å². The zero-order chi connectivity index (χ0) is 24.4. The van der Waals surface area contributed by atoms with Gasteiger partial charge in [-0.05, 0) is 48.5 Å². The minimum absolute atomic E-state index is 0.0364. The molecular formula is C22H14ClF6NO3. The number of nitrogens with one attached hydrogen (secondary N) is 1. The van der Waals surface area contributed by atoms with Gasteiger partial charge in [0, 0.05) is 23.4 Å². The van der Waals surface area contributed by atoms with Crippen molar-refractivity contribution in [3.05, 3.63) is 88.2 Å². The predicted molar refractivity (Wildman–Crippen MR) is 109 cm³/mol. The molecule has 0 saturated carbocycles. The highest BCUT2D eigenvalue weighted by Crippen LogP contribution is 2.45. The topological polar surface area (TPSA) is 58.6 Å². The first kappa shape index (κ1) is 24.2. The molecule has 0 atom stereocenters. The first-order valence-corrected chi connectivity index (χ1v) is 9.54. The third-order valence-corrected chi connectivity index (χ3v) is 4.81. The molecule has 0 radical (unpaired) electrons. The van der Waals surface area contributed by atoms with Crippen LogP contribution in [0.4, 0.5) is 32.0 Å². The molecule has 174 valence electrons. The van der Waals surface area contributed by atoms with Crippen molar-refractivity contribution in [3.8, 4) is 11.5 Å². The van der Waals surface area contributed by atoms with E-state index in [0.29, 0.717) is 17.8 Å². The Morgan fingerprint density at radius 1 is 0.939 bits per heavy atom. The molecule has 0 fully saturated rings. The van der Waals surface area contributed by atoms with E-state index in [-0.39, 0.29) is 34.2 Å². The number of carboxylic acids is 1. The molecule has 2 N–H and O–H groups in total. The van der Waals surface area contributed by atoms with Crippen LogP contribution >= 0.6 is 11.6 Å². The summed E-state index contributed by atoms with van der Waals surface area (Å²) in [7, 11) is 0. The summed E-state index contributed by atoms with van der Waals surface area (Å²) in [6, 6.07) is 10.7. The number of anilines is 1. The summed E-state index contributed by atoms with van der Waals surface area (Å²) < 4.78 is 85.0. The summed E-state index contributed by atoms with van der Waals surface area (Å²) in [5.41, 5.74) is -0.679. The maximum Gasteiger partial charge on any atom is 0.458 e. The average molecular weight is 490 g/mol. The van der Waals surface area contributed by atoms with Crippen LogP contribution in [0.3, 0.4) is 0 Å². The van der Waals surface area contributed by atoms with Gasteiger partial charge >= 0.3 is 18.1 Å². The lowest BCUT2D eigenvalue weighted by Gasteiger charge is -2.22. The third-order valence-electron chi connectivity index (χ3n) is 4.51. The van der Waals surface area contributed by atoms with E-state index in [1.165, 1.54) is 24.3 Å². The second kappa shape index (κ2) is 9.22. The largest absolute Gasteiger partial charge is 0.478 e. The van der Waals surface area contributed by atoms with E-state index in [2.05, 4.69) is 5.32 Å². The molecule has 3 aromatic carbocycles. The molecule has 0 aliphatic rings. The second-order valence-electron chi connectivity index (χ2n) is 6.81. The van der Waals surface area contributed by atoms with Crippen molar-refractivity contribution in [3.63, 3.8) is 0 Å². The quantitative estimate of drug-likeness (QED) is 0.344. The van der Waals surface area contributed by atoms with Crippen molar-refractivity contribution in [1.82, 2.24) is 0 Å². The van der Waals surface area contributed by atoms with Gasteiger partial charge in [-0.3, -0.25) is 0 Å². The van der Waals surface area contributed by atoms with Crippen LogP contribution in [0, 0.1) is 5.82 Å². The smallest absolute Gasteiger partial charge is 0.458 e. The molecule has 0 aliphatic heterocycles. The van der Waals surface area contributed by atoms with Crippen molar-refractivity contribution in [1.29, 1.82) is 0 Å². The Balaban J connectivity index is 1.94. The number of alkyl halides is 5. The first-order chi connectivity index (χ1) is 15.4. The summed E-state index contributed by atoms with van der Waals surface area (Å²) in [5.74, 6) is -7.49. The molecule has 0 bridgehead atoms. The molecule has 0 spiro atoms. The van der Waals surface area contributed by atoms with Crippen molar-refractivity contribution in [2.24, 2.45) is 0 Å². The number of carbonyl (C=O) groups is 1. The van der Waals surface area contributed by atoms with Gasteiger partial charge in [0.2, 0.25) is 0 Å². The van der Waals surface area contributed by atoms with Gasteiger partial charge in [-0.1, -0.05) is 23.7 Å². The van der Waals surface area contributed by atoms with E-state index in [9.17, 15) is 31.1 Å². The number of ether oxygens (including phenoxy) is 1. The maximum absolute atomic E-state index is 13.9. The number of halogens is 7. The Morgan fingerprint density at radius 3 is 2.18 bits per heavy atom. The summed E-state index contributed by atoms with van der Waals surface area (Å²) in [6.07, 6.45) is -5.83. The Hall–Kier alpha value is -3.40. The molecule has 0 aliphatic carbocycles. The van der Waals surface area contributed by atoms with Crippen LogP contribution in [-0.2, 0) is 12.5 Å². The van der Waals surface area contributed by atoms with Gasteiger partial charge in [-0.2, -0.15) is 22.0 Å². The van der Waals surface area contributed by atoms with Gasteiger partial charge in [0.15, 0.2) is 0 Å². The minimum atomic E-state index is -5.83. The zero-order valence-electron chi connectivity index (χ0n) is 16.4. The minimum Gasteiger partial charge on any atom is -0.478 e. The maximum atomic E-state index is 13.9. The van der Waals surface area contributed by atoms with Gasteiger partial charge in [0.25, 0.3) is 0 Å². The molecule has 0 heterocycles. The van der Waals surface area contributed by atoms with Crippen LogP contribution in [0.15, 0.2) is 60.7 Å². The number of carboxylic acid groups (broad SMARTS) is 1. The molecule has 4 nitrogen and oxygen atoms in total. The molecular weight excluding hydrogens is 476 g/mol. The van der Waals surface area contributed by atoms with E-state index >= 15 is 0 Å². The fourth-order valence-electron chi connectivity index (χ4n) is 2.76. The van der Waals surface area contributed by atoms with Crippen LogP contribution in [0.5, 0.6) is 11.5 Å². The molecule has 0 saturated heterocycles. The lowest BCUT2D eigenvalue weighted by molar-refractivity contribution is -0.289. The molecule has 0 amide bonds. The first-order valence-electron chi connectivity index (χ1n) is 9.16. The van der Waals surface area contributed by atoms with E-state index in [1.54, 1.807) is 0 Å². The lowest BCUT2D eigenvalue weighted by atomic mass is 10.0. The Morgan fingerprint density at radius 2 is 1.61 bits per heavy atom. The Bertz CT molecular complexity index is 1170. The normalized spacial score (nSPS) is 11.8. The number of hydrogen-bond donors (Lipinski definition) is 2. The van der Waals surface area contributed by atoms with Crippen molar-refractivity contribution < 1.29 is 41.0 Å². The van der Waals surface area contributed by atoms with E-state index in [1.807, 2.05) is 0 Å². The van der Waals surface area contributed by atoms with Gasteiger partial charge < -0.3 is 15.2 Å². The summed E-state index contributed by atoms with van der Waals surface area (Å²) in [6.45, 7) is -0.0849. The van der Waals surface area contributed by atoms with Crippen LogP contribution < -0.4 is 10.1 Å². The molecule has 3 rings (SSSR count). The van der Waals surface area contributed by atoms with Gasteiger partial charge in [-0.15, -0.1) is 0 Å². The Kier molecular flexibility index (Phi) is 6.78. The van der Waals surface area contributed by atoms with E-state index in [0.717, 1.165) is 24.3 Å². The third kappa shape index (κ3) is 5.51. The predicted octanol–water partition coefficient (Wildman–Crippen LogP) is 7.24.